The van der Waals surface area contributed by atoms with E-state index in [1.165, 1.54) is 31.5 Å². The molecule has 4 amide bonds. The van der Waals surface area contributed by atoms with E-state index in [2.05, 4.69) is 15.3 Å². The van der Waals surface area contributed by atoms with Gasteiger partial charge in [0.15, 0.2) is 5.82 Å². The highest BCUT2D eigenvalue weighted by Gasteiger charge is 2.71. The maximum Gasteiger partial charge on any atom is 0.421 e. The van der Waals surface area contributed by atoms with Crippen molar-refractivity contribution in [2.24, 2.45) is 0 Å². The number of nitrogens with zero attached hydrogens (tertiary/aromatic N) is 5. The summed E-state index contributed by atoms with van der Waals surface area (Å²) in [7, 11) is 1.32. The predicted molar refractivity (Wildman–Crippen MR) is 125 cm³/mol. The first kappa shape index (κ1) is 26.7. The van der Waals surface area contributed by atoms with Gasteiger partial charge in [0, 0.05) is 12.6 Å². The zero-order chi connectivity index (χ0) is 27.7. The lowest BCUT2D eigenvalue weighted by atomic mass is 9.99. The number of anilines is 1. The van der Waals surface area contributed by atoms with E-state index in [-0.39, 0.29) is 27.2 Å². The number of rotatable bonds is 5. The summed E-state index contributed by atoms with van der Waals surface area (Å²) in [6.07, 6.45) is -1.23. The van der Waals surface area contributed by atoms with Gasteiger partial charge in [0.25, 0.3) is 11.8 Å². The third-order valence-corrected chi connectivity index (χ3v) is 6.15. The van der Waals surface area contributed by atoms with Gasteiger partial charge in [-0.25, -0.2) is 19.6 Å². The van der Waals surface area contributed by atoms with E-state index in [1.807, 2.05) is 6.07 Å². The average Bonchev–Trinajstić information content (AvgIpc) is 3.13. The number of carbonyl (C=O) groups excluding carboxylic acids is 3. The number of aromatic nitrogens is 2. The van der Waals surface area contributed by atoms with Crippen LogP contribution in [0, 0.1) is 11.3 Å². The molecule has 2 aliphatic heterocycles. The minimum absolute atomic E-state index is 0.154. The zero-order valence-corrected chi connectivity index (χ0v) is 20.2. The highest BCUT2D eigenvalue weighted by molar-refractivity contribution is 6.28. The van der Waals surface area contributed by atoms with Crippen LogP contribution in [0.1, 0.15) is 29.8 Å². The Balaban J connectivity index is 1.65. The molecule has 2 atom stereocenters. The number of halogens is 3. The SMILES string of the molecule is COc1cc(/C=C/C(=O)N2C(=O)N(c3cnc(C4COCCN4)cn3)C(=O)C2(C)C(F)(F)F)ccc1C#N. The van der Waals surface area contributed by atoms with Gasteiger partial charge in [-0.3, -0.25) is 14.6 Å². The van der Waals surface area contributed by atoms with E-state index in [0.29, 0.717) is 37.9 Å². The Labute approximate surface area is 214 Å². The summed E-state index contributed by atoms with van der Waals surface area (Å²) >= 11 is 0. The number of imide groups is 2. The summed E-state index contributed by atoms with van der Waals surface area (Å²) in [5, 5.41) is 12.2. The van der Waals surface area contributed by atoms with Crippen molar-refractivity contribution in [3.63, 3.8) is 0 Å². The molecule has 2 aliphatic rings. The first-order valence-electron chi connectivity index (χ1n) is 11.2. The first-order valence-corrected chi connectivity index (χ1v) is 11.2. The molecule has 14 heteroatoms. The lowest BCUT2D eigenvalue weighted by Gasteiger charge is -2.31. The minimum atomic E-state index is -5.30. The molecule has 2 unspecified atom stereocenters. The van der Waals surface area contributed by atoms with Crippen LogP contribution in [0.15, 0.2) is 36.7 Å². The van der Waals surface area contributed by atoms with Gasteiger partial charge in [0.1, 0.15) is 11.8 Å². The average molecular weight is 530 g/mol. The molecule has 2 saturated heterocycles. The first-order chi connectivity index (χ1) is 18.0. The number of amides is 4. The molecular formula is C24H21F3N6O5. The van der Waals surface area contributed by atoms with Crippen LogP contribution in [0.2, 0.25) is 0 Å². The summed E-state index contributed by atoms with van der Waals surface area (Å²) in [6, 6.07) is 4.27. The predicted octanol–water partition coefficient (Wildman–Crippen LogP) is 2.35. The van der Waals surface area contributed by atoms with Crippen molar-refractivity contribution in [2.45, 2.75) is 24.7 Å². The molecular weight excluding hydrogens is 509 g/mol. The largest absolute Gasteiger partial charge is 0.495 e. The molecule has 1 aromatic heterocycles. The van der Waals surface area contributed by atoms with E-state index in [9.17, 15) is 27.6 Å². The number of nitriles is 1. The van der Waals surface area contributed by atoms with Crippen molar-refractivity contribution in [1.82, 2.24) is 20.2 Å². The molecule has 0 radical (unpaired) electrons. The maximum absolute atomic E-state index is 14.2. The molecule has 38 heavy (non-hydrogen) atoms. The van der Waals surface area contributed by atoms with Gasteiger partial charge < -0.3 is 14.8 Å². The van der Waals surface area contributed by atoms with Crippen LogP contribution in [0.4, 0.5) is 23.8 Å². The van der Waals surface area contributed by atoms with Crippen molar-refractivity contribution < 1.29 is 37.0 Å². The topological polar surface area (TPSA) is 138 Å². The Hall–Kier alpha value is -4.35. The summed E-state index contributed by atoms with van der Waals surface area (Å²) in [5.41, 5.74) is -2.58. The Morgan fingerprint density at radius 2 is 2.08 bits per heavy atom. The third kappa shape index (κ3) is 4.57. The quantitative estimate of drug-likeness (QED) is 0.456. The molecule has 2 aromatic rings. The number of morpholine rings is 1. The van der Waals surface area contributed by atoms with Crippen LogP contribution < -0.4 is 15.0 Å². The fraction of sp³-hybridized carbons (Fsp3) is 0.333. The minimum Gasteiger partial charge on any atom is -0.495 e. The Bertz CT molecular complexity index is 1330. The molecule has 1 N–H and O–H groups in total. The number of carbonyl (C=O) groups is 3. The van der Waals surface area contributed by atoms with E-state index >= 15 is 0 Å². The Morgan fingerprint density at radius 1 is 1.32 bits per heavy atom. The molecule has 0 aliphatic carbocycles. The Kier molecular flexibility index (Phi) is 7.16. The lowest BCUT2D eigenvalue weighted by molar-refractivity contribution is -0.209. The molecule has 11 nitrogen and oxygen atoms in total. The van der Waals surface area contributed by atoms with Crippen molar-refractivity contribution in [1.29, 1.82) is 5.26 Å². The summed E-state index contributed by atoms with van der Waals surface area (Å²) in [4.78, 5) is 47.2. The van der Waals surface area contributed by atoms with Gasteiger partial charge in [-0.05, 0) is 30.7 Å². The third-order valence-electron chi connectivity index (χ3n) is 6.15. The van der Waals surface area contributed by atoms with Crippen molar-refractivity contribution in [2.75, 3.05) is 31.8 Å². The van der Waals surface area contributed by atoms with Crippen molar-refractivity contribution >= 4 is 29.7 Å². The standard InChI is InChI=1S/C24H21F3N6O5/c1-23(24(25,26)27)21(35)32(19-12-30-16(11-31-19)17-13-38-8-7-29-17)22(36)33(23)20(34)6-4-14-3-5-15(10-28)18(9-14)37-2/h3-6,9,11-12,17,29H,7-8,13H2,1-2H3/b6-4+. The second kappa shape index (κ2) is 10.2. The summed E-state index contributed by atoms with van der Waals surface area (Å²) in [5.74, 6) is -3.37. The van der Waals surface area contributed by atoms with Gasteiger partial charge in [-0.15, -0.1) is 0 Å². The van der Waals surface area contributed by atoms with Crippen molar-refractivity contribution in [3.8, 4) is 11.8 Å². The maximum atomic E-state index is 14.2. The number of benzene rings is 1. The highest BCUT2D eigenvalue weighted by atomic mass is 19.4. The molecule has 0 spiro atoms. The van der Waals surface area contributed by atoms with E-state index in [4.69, 9.17) is 14.7 Å². The molecule has 198 valence electrons. The van der Waals surface area contributed by atoms with E-state index < -0.39 is 35.4 Å². The van der Waals surface area contributed by atoms with Crippen molar-refractivity contribution in [3.05, 3.63) is 53.5 Å². The molecule has 4 rings (SSSR count). The van der Waals surface area contributed by atoms with E-state index in [1.54, 1.807) is 0 Å². The zero-order valence-electron chi connectivity index (χ0n) is 20.2. The van der Waals surface area contributed by atoms with Gasteiger partial charge in [0.05, 0.1) is 50.0 Å². The second-order valence-corrected chi connectivity index (χ2v) is 8.45. The van der Waals surface area contributed by atoms with E-state index in [0.717, 1.165) is 18.3 Å². The van der Waals surface area contributed by atoms with Gasteiger partial charge in [-0.1, -0.05) is 6.07 Å². The van der Waals surface area contributed by atoms with Crippen LogP contribution in [0.25, 0.3) is 6.08 Å². The number of nitrogens with one attached hydrogen (secondary N) is 1. The van der Waals surface area contributed by atoms with Crippen LogP contribution in [0.3, 0.4) is 0 Å². The van der Waals surface area contributed by atoms with Crippen LogP contribution >= 0.6 is 0 Å². The molecule has 2 fully saturated rings. The molecule has 0 saturated carbocycles. The number of methoxy groups -OCH3 is 1. The van der Waals surface area contributed by atoms with Gasteiger partial charge in [0.2, 0.25) is 5.54 Å². The lowest BCUT2D eigenvalue weighted by Crippen LogP contribution is -2.59. The monoisotopic (exact) mass is 530 g/mol. The number of hydrogen-bond donors (Lipinski definition) is 1. The van der Waals surface area contributed by atoms with Crippen LogP contribution in [-0.2, 0) is 14.3 Å². The smallest absolute Gasteiger partial charge is 0.421 e. The van der Waals surface area contributed by atoms with Gasteiger partial charge >= 0.3 is 12.2 Å². The number of hydrogen-bond acceptors (Lipinski definition) is 9. The number of urea groups is 1. The second-order valence-electron chi connectivity index (χ2n) is 8.45. The van der Waals surface area contributed by atoms with Crippen LogP contribution in [-0.4, -0.2) is 71.3 Å². The van der Waals surface area contributed by atoms with Gasteiger partial charge in [-0.2, -0.15) is 18.4 Å². The molecule has 3 heterocycles. The number of ether oxygens (including phenoxy) is 2. The fourth-order valence-electron chi connectivity index (χ4n) is 3.98. The summed E-state index contributed by atoms with van der Waals surface area (Å²) in [6.45, 7) is 1.81. The molecule has 0 bridgehead atoms. The summed E-state index contributed by atoms with van der Waals surface area (Å²) < 4.78 is 53.0. The normalized spacial score (nSPS) is 22.2. The molecule has 1 aromatic carbocycles. The fourth-order valence-corrected chi connectivity index (χ4v) is 3.98. The van der Waals surface area contributed by atoms with Crippen LogP contribution in [0.5, 0.6) is 5.75 Å². The highest BCUT2D eigenvalue weighted by Crippen LogP contribution is 2.43. The number of alkyl halides is 3. The Morgan fingerprint density at radius 3 is 2.66 bits per heavy atom.